The molecule has 0 rings (SSSR count). The smallest absolute Gasteiger partial charge is 0.347 e. The SMILES string of the molecule is CCCCOC(=O)C(C)OC(=O)C(C)OC(C)=O. The molecular formula is C12H20O6. The predicted octanol–water partition coefficient (Wildman–Crippen LogP) is 1.21. The van der Waals surface area contributed by atoms with E-state index < -0.39 is 30.1 Å². The number of esters is 3. The summed E-state index contributed by atoms with van der Waals surface area (Å²) in [6.45, 7) is 6.24. The van der Waals surface area contributed by atoms with Crippen molar-refractivity contribution in [3.63, 3.8) is 0 Å². The molecule has 2 unspecified atom stereocenters. The number of hydrogen-bond donors (Lipinski definition) is 0. The minimum absolute atomic E-state index is 0.302. The van der Waals surface area contributed by atoms with E-state index in [1.165, 1.54) is 20.8 Å². The Kier molecular flexibility index (Phi) is 7.74. The highest BCUT2D eigenvalue weighted by Gasteiger charge is 2.24. The number of ether oxygens (including phenoxy) is 3. The number of unbranched alkanes of at least 4 members (excludes halogenated alkanes) is 1. The summed E-state index contributed by atoms with van der Waals surface area (Å²) in [4.78, 5) is 33.4. The Morgan fingerprint density at radius 1 is 1.00 bits per heavy atom. The number of carbonyl (C=O) groups is 3. The van der Waals surface area contributed by atoms with Crippen LogP contribution in [0.25, 0.3) is 0 Å². The third-order valence-corrected chi connectivity index (χ3v) is 2.04. The quantitative estimate of drug-likeness (QED) is 0.389. The Morgan fingerprint density at radius 2 is 1.56 bits per heavy atom. The summed E-state index contributed by atoms with van der Waals surface area (Å²) in [6, 6.07) is 0. The molecule has 2 atom stereocenters. The highest BCUT2D eigenvalue weighted by atomic mass is 16.6. The van der Waals surface area contributed by atoms with Gasteiger partial charge in [-0.1, -0.05) is 13.3 Å². The van der Waals surface area contributed by atoms with Gasteiger partial charge in [-0.05, 0) is 20.3 Å². The van der Waals surface area contributed by atoms with Gasteiger partial charge in [0.25, 0.3) is 0 Å². The van der Waals surface area contributed by atoms with Crippen LogP contribution in [0, 0.1) is 0 Å². The van der Waals surface area contributed by atoms with Crippen molar-refractivity contribution >= 4 is 17.9 Å². The first-order chi connectivity index (χ1) is 8.38. The zero-order valence-corrected chi connectivity index (χ0v) is 11.2. The van der Waals surface area contributed by atoms with Gasteiger partial charge >= 0.3 is 17.9 Å². The van der Waals surface area contributed by atoms with Gasteiger partial charge in [-0.3, -0.25) is 4.79 Å². The molecule has 0 aromatic carbocycles. The van der Waals surface area contributed by atoms with Gasteiger partial charge in [0.2, 0.25) is 0 Å². The lowest BCUT2D eigenvalue weighted by molar-refractivity contribution is -0.176. The fourth-order valence-electron chi connectivity index (χ4n) is 1.05. The molecule has 0 amide bonds. The first-order valence-corrected chi connectivity index (χ1v) is 5.92. The van der Waals surface area contributed by atoms with Crippen LogP contribution in [0.1, 0.15) is 40.5 Å². The summed E-state index contributed by atoms with van der Waals surface area (Å²) in [7, 11) is 0. The van der Waals surface area contributed by atoms with Crippen LogP contribution < -0.4 is 0 Å². The van der Waals surface area contributed by atoms with E-state index in [0.717, 1.165) is 12.8 Å². The second kappa shape index (κ2) is 8.49. The molecule has 0 aliphatic rings. The molecule has 0 aromatic heterocycles. The maximum Gasteiger partial charge on any atom is 0.347 e. The van der Waals surface area contributed by atoms with Crippen LogP contribution in [-0.2, 0) is 28.6 Å². The molecule has 0 heterocycles. The lowest BCUT2D eigenvalue weighted by atomic mass is 10.3. The van der Waals surface area contributed by atoms with Gasteiger partial charge in [0.05, 0.1) is 6.61 Å². The Morgan fingerprint density at radius 3 is 2.06 bits per heavy atom. The molecule has 0 saturated heterocycles. The second-order valence-corrected chi connectivity index (χ2v) is 3.85. The molecule has 6 heteroatoms. The maximum absolute atomic E-state index is 11.4. The first kappa shape index (κ1) is 16.4. The number of rotatable bonds is 7. The van der Waals surface area contributed by atoms with E-state index in [1.54, 1.807) is 0 Å². The van der Waals surface area contributed by atoms with Gasteiger partial charge in [-0.15, -0.1) is 0 Å². The van der Waals surface area contributed by atoms with Crippen molar-refractivity contribution in [3.8, 4) is 0 Å². The fourth-order valence-corrected chi connectivity index (χ4v) is 1.05. The van der Waals surface area contributed by atoms with Crippen LogP contribution >= 0.6 is 0 Å². The van der Waals surface area contributed by atoms with Gasteiger partial charge in [0, 0.05) is 6.92 Å². The van der Waals surface area contributed by atoms with Crippen LogP contribution in [0.3, 0.4) is 0 Å². The molecule has 0 bridgehead atoms. The Balaban J connectivity index is 4.05. The number of hydrogen-bond acceptors (Lipinski definition) is 6. The minimum atomic E-state index is -1.03. The van der Waals surface area contributed by atoms with Gasteiger partial charge in [0.1, 0.15) is 0 Å². The molecular weight excluding hydrogens is 240 g/mol. The van der Waals surface area contributed by atoms with Crippen LogP contribution in [-0.4, -0.2) is 36.7 Å². The molecule has 0 spiro atoms. The maximum atomic E-state index is 11.4. The predicted molar refractivity (Wildman–Crippen MR) is 62.6 cm³/mol. The standard InChI is InChI=1S/C12H20O6/c1-5-6-7-16-11(14)8(2)18-12(15)9(3)17-10(4)13/h8-9H,5-7H2,1-4H3. The van der Waals surface area contributed by atoms with E-state index >= 15 is 0 Å². The van der Waals surface area contributed by atoms with Crippen LogP contribution in [0.5, 0.6) is 0 Å². The van der Waals surface area contributed by atoms with Gasteiger partial charge in [-0.25, -0.2) is 9.59 Å². The topological polar surface area (TPSA) is 78.9 Å². The van der Waals surface area contributed by atoms with Gasteiger partial charge in [-0.2, -0.15) is 0 Å². The molecule has 0 fully saturated rings. The molecule has 0 N–H and O–H groups in total. The molecule has 6 nitrogen and oxygen atoms in total. The molecule has 104 valence electrons. The molecule has 0 aromatic rings. The highest BCUT2D eigenvalue weighted by Crippen LogP contribution is 2.02. The largest absolute Gasteiger partial charge is 0.463 e. The Labute approximate surface area is 107 Å². The molecule has 0 radical (unpaired) electrons. The lowest BCUT2D eigenvalue weighted by Gasteiger charge is -2.15. The summed E-state index contributed by atoms with van der Waals surface area (Å²) in [5.74, 6) is -1.96. The van der Waals surface area contributed by atoms with Gasteiger partial charge < -0.3 is 14.2 Å². The van der Waals surface area contributed by atoms with Crippen LogP contribution in [0.15, 0.2) is 0 Å². The molecule has 0 saturated carbocycles. The molecule has 18 heavy (non-hydrogen) atoms. The molecule has 0 aliphatic carbocycles. The third-order valence-electron chi connectivity index (χ3n) is 2.04. The Hall–Kier alpha value is -1.59. The van der Waals surface area contributed by atoms with Crippen molar-refractivity contribution in [2.24, 2.45) is 0 Å². The normalized spacial score (nSPS) is 13.3. The minimum Gasteiger partial charge on any atom is -0.463 e. The van der Waals surface area contributed by atoms with Crippen molar-refractivity contribution in [1.29, 1.82) is 0 Å². The van der Waals surface area contributed by atoms with Crippen LogP contribution in [0.2, 0.25) is 0 Å². The van der Waals surface area contributed by atoms with E-state index in [-0.39, 0.29) is 0 Å². The van der Waals surface area contributed by atoms with Crippen molar-refractivity contribution in [2.75, 3.05) is 6.61 Å². The highest BCUT2D eigenvalue weighted by molar-refractivity contribution is 5.82. The van der Waals surface area contributed by atoms with E-state index in [9.17, 15) is 14.4 Å². The summed E-state index contributed by atoms with van der Waals surface area (Å²) in [5.41, 5.74) is 0. The van der Waals surface area contributed by atoms with Crippen molar-refractivity contribution in [3.05, 3.63) is 0 Å². The summed E-state index contributed by atoms with van der Waals surface area (Å²) in [5, 5.41) is 0. The van der Waals surface area contributed by atoms with Crippen LogP contribution in [0.4, 0.5) is 0 Å². The summed E-state index contributed by atoms with van der Waals surface area (Å²) >= 11 is 0. The van der Waals surface area contributed by atoms with E-state index in [4.69, 9.17) is 9.47 Å². The lowest BCUT2D eigenvalue weighted by Crippen LogP contribution is -2.32. The number of carbonyl (C=O) groups excluding carboxylic acids is 3. The fraction of sp³-hybridized carbons (Fsp3) is 0.750. The van der Waals surface area contributed by atoms with Crippen molar-refractivity contribution in [2.45, 2.75) is 52.7 Å². The van der Waals surface area contributed by atoms with E-state index in [2.05, 4.69) is 4.74 Å². The van der Waals surface area contributed by atoms with Crippen molar-refractivity contribution in [1.82, 2.24) is 0 Å². The average molecular weight is 260 g/mol. The summed E-state index contributed by atoms with van der Waals surface area (Å²) < 4.78 is 14.3. The van der Waals surface area contributed by atoms with Gasteiger partial charge in [0.15, 0.2) is 12.2 Å². The second-order valence-electron chi connectivity index (χ2n) is 3.85. The first-order valence-electron chi connectivity index (χ1n) is 5.92. The third kappa shape index (κ3) is 6.88. The van der Waals surface area contributed by atoms with E-state index in [0.29, 0.717) is 6.61 Å². The average Bonchev–Trinajstić information content (AvgIpc) is 2.28. The monoisotopic (exact) mass is 260 g/mol. The summed E-state index contributed by atoms with van der Waals surface area (Å²) in [6.07, 6.45) is -0.373. The zero-order chi connectivity index (χ0) is 14.1. The van der Waals surface area contributed by atoms with E-state index in [1.807, 2.05) is 6.92 Å². The molecule has 0 aliphatic heterocycles. The Bertz CT molecular complexity index is 299. The van der Waals surface area contributed by atoms with Crippen molar-refractivity contribution < 1.29 is 28.6 Å². The zero-order valence-electron chi connectivity index (χ0n) is 11.2.